The molecule has 1 unspecified atom stereocenters. The Bertz CT molecular complexity index is 1180. The van der Waals surface area contributed by atoms with Crippen molar-refractivity contribution in [2.75, 3.05) is 12.0 Å². The minimum Gasteiger partial charge on any atom is -0.507 e. The Balaban J connectivity index is 1.97. The van der Waals surface area contributed by atoms with Gasteiger partial charge in [0.25, 0.3) is 5.78 Å². The van der Waals surface area contributed by atoms with Crippen molar-refractivity contribution in [1.29, 1.82) is 0 Å². The van der Waals surface area contributed by atoms with Crippen LogP contribution < -0.4 is 9.64 Å². The highest BCUT2D eigenvalue weighted by molar-refractivity contribution is 6.51. The van der Waals surface area contributed by atoms with E-state index in [1.54, 1.807) is 31.2 Å². The number of benzene rings is 2. The van der Waals surface area contributed by atoms with Crippen LogP contribution in [0.25, 0.3) is 5.76 Å². The number of hydrogen-bond acceptors (Lipinski definition) is 6. The van der Waals surface area contributed by atoms with Gasteiger partial charge in [-0.15, -0.1) is 0 Å². The highest BCUT2D eigenvalue weighted by atomic mass is 19.1. The quantitative estimate of drug-likeness (QED) is 0.401. The van der Waals surface area contributed by atoms with Crippen LogP contribution in [0.1, 0.15) is 22.9 Å². The van der Waals surface area contributed by atoms with Gasteiger partial charge in [0.2, 0.25) is 0 Å². The number of aromatic nitrogens is 1. The standard InChI is InChI=1S/C22H17FN2O5/c1-12-10-17(24-30-12)25-19(15-8-3-4-9-16(15)23)18(21(27)22(25)28)20(26)13-6-5-7-14(11-13)29-2/h3-11,19,26H,1-2H3/b20-18-. The van der Waals surface area contributed by atoms with Gasteiger partial charge in [-0.3, -0.25) is 14.5 Å². The number of methoxy groups -OCH3 is 1. The molecule has 1 N–H and O–H groups in total. The largest absolute Gasteiger partial charge is 0.507 e. The fraction of sp³-hybridized carbons (Fsp3) is 0.136. The lowest BCUT2D eigenvalue weighted by Crippen LogP contribution is -2.30. The van der Waals surface area contributed by atoms with E-state index in [1.807, 2.05) is 0 Å². The van der Waals surface area contributed by atoms with E-state index in [1.165, 1.54) is 37.4 Å². The van der Waals surface area contributed by atoms with Crippen LogP contribution in [0.5, 0.6) is 5.75 Å². The number of amides is 1. The van der Waals surface area contributed by atoms with Crippen LogP contribution in [-0.4, -0.2) is 29.1 Å². The lowest BCUT2D eigenvalue weighted by Gasteiger charge is -2.23. The van der Waals surface area contributed by atoms with Crippen LogP contribution in [0, 0.1) is 12.7 Å². The topological polar surface area (TPSA) is 92.9 Å². The first kappa shape index (κ1) is 19.4. The third kappa shape index (κ3) is 3.12. The van der Waals surface area contributed by atoms with Crippen molar-refractivity contribution in [1.82, 2.24) is 5.16 Å². The van der Waals surface area contributed by atoms with Crippen LogP contribution in [0.15, 0.2) is 64.7 Å². The summed E-state index contributed by atoms with van der Waals surface area (Å²) in [6, 6.07) is 12.4. The summed E-state index contributed by atoms with van der Waals surface area (Å²) in [6.45, 7) is 1.63. The van der Waals surface area contributed by atoms with Gasteiger partial charge in [-0.1, -0.05) is 35.5 Å². The maximum atomic E-state index is 14.7. The molecule has 1 aliphatic rings. The summed E-state index contributed by atoms with van der Waals surface area (Å²) in [7, 11) is 1.46. The summed E-state index contributed by atoms with van der Waals surface area (Å²) in [6.07, 6.45) is 0. The van der Waals surface area contributed by atoms with Gasteiger partial charge in [0.05, 0.1) is 18.7 Å². The van der Waals surface area contributed by atoms with E-state index < -0.39 is 29.3 Å². The molecule has 1 amide bonds. The van der Waals surface area contributed by atoms with E-state index in [4.69, 9.17) is 9.26 Å². The zero-order valence-electron chi connectivity index (χ0n) is 16.1. The van der Waals surface area contributed by atoms with Crippen molar-refractivity contribution in [3.63, 3.8) is 0 Å². The second-order valence-corrected chi connectivity index (χ2v) is 6.72. The molecule has 2 aromatic carbocycles. The van der Waals surface area contributed by atoms with Crippen molar-refractivity contribution in [3.05, 3.63) is 82.9 Å². The summed E-state index contributed by atoms with van der Waals surface area (Å²) in [4.78, 5) is 26.9. The Morgan fingerprint density at radius 2 is 1.93 bits per heavy atom. The molecule has 1 aliphatic heterocycles. The van der Waals surface area contributed by atoms with E-state index >= 15 is 0 Å². The fourth-order valence-electron chi connectivity index (χ4n) is 3.45. The summed E-state index contributed by atoms with van der Waals surface area (Å²) < 4.78 is 24.9. The SMILES string of the molecule is COc1cccc(/C(O)=C2/C(=O)C(=O)N(c3cc(C)on3)C2c2ccccc2F)c1. The number of rotatable bonds is 4. The molecule has 1 atom stereocenters. The number of ether oxygens (including phenoxy) is 1. The molecule has 3 aromatic rings. The van der Waals surface area contributed by atoms with Gasteiger partial charge < -0.3 is 14.4 Å². The molecule has 1 aromatic heterocycles. The van der Waals surface area contributed by atoms with Crippen LogP contribution in [0.3, 0.4) is 0 Å². The molecular weight excluding hydrogens is 391 g/mol. The van der Waals surface area contributed by atoms with Crippen molar-refractivity contribution in [2.45, 2.75) is 13.0 Å². The lowest BCUT2D eigenvalue weighted by molar-refractivity contribution is -0.132. The van der Waals surface area contributed by atoms with E-state index in [-0.39, 0.29) is 22.5 Å². The van der Waals surface area contributed by atoms with E-state index in [2.05, 4.69) is 5.16 Å². The molecule has 8 heteroatoms. The minimum atomic E-state index is -1.22. The minimum absolute atomic E-state index is 0.0433. The van der Waals surface area contributed by atoms with Crippen molar-refractivity contribution in [3.8, 4) is 5.75 Å². The number of ketones is 1. The molecule has 4 rings (SSSR count). The first-order chi connectivity index (χ1) is 14.4. The lowest BCUT2D eigenvalue weighted by atomic mass is 9.95. The maximum Gasteiger partial charge on any atom is 0.301 e. The van der Waals surface area contributed by atoms with E-state index in [9.17, 15) is 19.1 Å². The smallest absolute Gasteiger partial charge is 0.301 e. The molecule has 0 aliphatic carbocycles. The number of halogens is 1. The van der Waals surface area contributed by atoms with E-state index in [0.29, 0.717) is 11.5 Å². The van der Waals surface area contributed by atoms with Gasteiger partial charge in [-0.05, 0) is 25.1 Å². The molecule has 1 fully saturated rings. The fourth-order valence-corrected chi connectivity index (χ4v) is 3.45. The zero-order valence-corrected chi connectivity index (χ0v) is 16.1. The van der Waals surface area contributed by atoms with Crippen molar-refractivity contribution >= 4 is 23.3 Å². The molecule has 0 bridgehead atoms. The predicted molar refractivity (Wildman–Crippen MR) is 105 cm³/mol. The Labute approximate surface area is 171 Å². The van der Waals surface area contributed by atoms with Crippen LogP contribution >= 0.6 is 0 Å². The summed E-state index contributed by atoms with van der Waals surface area (Å²) in [5, 5.41) is 14.8. The molecule has 152 valence electrons. The zero-order chi connectivity index (χ0) is 21.4. The number of Topliss-reactive ketones (excluding diaryl/α,β-unsaturated/α-hetero) is 1. The Morgan fingerprint density at radius 3 is 2.60 bits per heavy atom. The van der Waals surface area contributed by atoms with Crippen LogP contribution in [0.2, 0.25) is 0 Å². The first-order valence-electron chi connectivity index (χ1n) is 9.05. The van der Waals surface area contributed by atoms with Gasteiger partial charge in [0.1, 0.15) is 23.1 Å². The normalized spacial score (nSPS) is 18.1. The number of carbonyl (C=O) groups excluding carboxylic acids is 2. The van der Waals surface area contributed by atoms with Crippen LogP contribution in [0.4, 0.5) is 10.2 Å². The highest BCUT2D eigenvalue weighted by Crippen LogP contribution is 2.42. The molecule has 2 heterocycles. The number of anilines is 1. The van der Waals surface area contributed by atoms with E-state index in [0.717, 1.165) is 4.90 Å². The third-order valence-corrected chi connectivity index (χ3v) is 4.85. The first-order valence-corrected chi connectivity index (χ1v) is 9.05. The molecule has 30 heavy (non-hydrogen) atoms. The number of hydrogen-bond donors (Lipinski definition) is 1. The third-order valence-electron chi connectivity index (χ3n) is 4.85. The molecular formula is C22H17FN2O5. The maximum absolute atomic E-state index is 14.7. The number of nitrogens with zero attached hydrogens (tertiary/aromatic N) is 2. The summed E-state index contributed by atoms with van der Waals surface area (Å²) in [5.41, 5.74) is 0.0471. The number of carbonyl (C=O) groups is 2. The predicted octanol–water partition coefficient (Wildman–Crippen LogP) is 3.76. The Morgan fingerprint density at radius 1 is 1.17 bits per heavy atom. The highest BCUT2D eigenvalue weighted by Gasteiger charge is 2.48. The van der Waals surface area contributed by atoms with Gasteiger partial charge >= 0.3 is 5.91 Å². The van der Waals surface area contributed by atoms with Gasteiger partial charge in [0, 0.05) is 17.2 Å². The molecule has 0 saturated carbocycles. The molecule has 0 radical (unpaired) electrons. The van der Waals surface area contributed by atoms with Crippen molar-refractivity contribution in [2.24, 2.45) is 0 Å². The van der Waals surface area contributed by atoms with Crippen LogP contribution in [-0.2, 0) is 9.59 Å². The second kappa shape index (κ2) is 7.47. The number of aryl methyl sites for hydroxylation is 1. The Hall–Kier alpha value is -3.94. The van der Waals surface area contributed by atoms with Crippen molar-refractivity contribution < 1.29 is 28.3 Å². The average molecular weight is 408 g/mol. The number of aliphatic hydroxyl groups excluding tert-OH is 1. The molecule has 7 nitrogen and oxygen atoms in total. The second-order valence-electron chi connectivity index (χ2n) is 6.72. The summed E-state index contributed by atoms with van der Waals surface area (Å²) >= 11 is 0. The van der Waals surface area contributed by atoms with Gasteiger partial charge in [-0.25, -0.2) is 4.39 Å². The molecule has 1 saturated heterocycles. The van der Waals surface area contributed by atoms with Gasteiger partial charge in [-0.2, -0.15) is 0 Å². The monoisotopic (exact) mass is 408 g/mol. The molecule has 0 spiro atoms. The Kier molecular flexibility index (Phi) is 4.83. The average Bonchev–Trinajstić information content (AvgIpc) is 3.29. The van der Waals surface area contributed by atoms with Gasteiger partial charge in [0.15, 0.2) is 5.82 Å². The number of aliphatic hydroxyl groups is 1. The summed E-state index contributed by atoms with van der Waals surface area (Å²) in [5.74, 6) is -2.07.